The molecule has 0 aliphatic heterocycles. The van der Waals surface area contributed by atoms with Gasteiger partial charge in [-0.2, -0.15) is 0 Å². The second kappa shape index (κ2) is 7.17. The van der Waals surface area contributed by atoms with Gasteiger partial charge in [0.2, 0.25) is 0 Å². The van der Waals surface area contributed by atoms with E-state index in [9.17, 15) is 15.0 Å². The first-order chi connectivity index (χ1) is 13.4. The topological polar surface area (TPSA) is 57.5 Å². The molecular weight excluding hydrogens is 372 g/mol. The summed E-state index contributed by atoms with van der Waals surface area (Å²) in [6.45, 7) is 2.05. The lowest BCUT2D eigenvalue weighted by Crippen LogP contribution is -2.09. The van der Waals surface area contributed by atoms with E-state index in [0.29, 0.717) is 10.6 Å². The molecule has 28 heavy (non-hydrogen) atoms. The van der Waals surface area contributed by atoms with Crippen molar-refractivity contribution in [3.8, 4) is 5.75 Å². The van der Waals surface area contributed by atoms with Gasteiger partial charge in [0.15, 0.2) is 0 Å². The first-order valence-electron chi connectivity index (χ1n) is 9.09. The number of phenols is 1. The first-order valence-corrected chi connectivity index (χ1v) is 9.47. The highest BCUT2D eigenvalue weighted by molar-refractivity contribution is 6.30. The number of phenolic OH excluding ortho intramolecular Hbond substituents is 1. The summed E-state index contributed by atoms with van der Waals surface area (Å²) in [5.74, 6) is -0.705. The molecule has 0 unspecified atom stereocenters. The van der Waals surface area contributed by atoms with Gasteiger partial charge >= 0.3 is 5.97 Å². The lowest BCUT2D eigenvalue weighted by atomic mass is 9.78. The summed E-state index contributed by atoms with van der Waals surface area (Å²) in [4.78, 5) is 11.4. The maximum atomic E-state index is 11.4. The van der Waals surface area contributed by atoms with Crippen LogP contribution >= 0.6 is 11.6 Å². The summed E-state index contributed by atoms with van der Waals surface area (Å²) < 4.78 is 0. The standard InChI is InChI=1S/C24H19ClO3/c1-14-12-18(25)6-11-20(14)22-10-4-16-13-17(24(27)28)5-9-21(16)23(22)15-2-7-19(26)8-3-15/h2-3,5-9,11-13,26H,4,10H2,1H3,(H,27,28). The number of aryl methyl sites for hydroxylation is 2. The first kappa shape index (κ1) is 18.3. The molecule has 140 valence electrons. The molecule has 4 rings (SSSR count). The van der Waals surface area contributed by atoms with Gasteiger partial charge < -0.3 is 10.2 Å². The molecule has 3 nitrogen and oxygen atoms in total. The van der Waals surface area contributed by atoms with Crippen LogP contribution in [0.15, 0.2) is 60.7 Å². The number of fused-ring (bicyclic) bond motifs is 1. The van der Waals surface area contributed by atoms with Gasteiger partial charge in [0.05, 0.1) is 5.56 Å². The maximum absolute atomic E-state index is 11.4. The Balaban J connectivity index is 1.98. The molecule has 0 aromatic heterocycles. The van der Waals surface area contributed by atoms with Crippen molar-refractivity contribution in [2.75, 3.05) is 0 Å². The lowest BCUT2D eigenvalue weighted by molar-refractivity contribution is 0.0696. The molecule has 1 aliphatic carbocycles. The number of aromatic carboxylic acids is 1. The van der Waals surface area contributed by atoms with Gasteiger partial charge in [0.25, 0.3) is 0 Å². The SMILES string of the molecule is Cc1cc(Cl)ccc1C1=C(c2ccc(O)cc2)c2ccc(C(=O)O)cc2CC1. The van der Waals surface area contributed by atoms with Crippen molar-refractivity contribution in [2.24, 2.45) is 0 Å². The van der Waals surface area contributed by atoms with Gasteiger partial charge in [-0.25, -0.2) is 4.79 Å². The Hall–Kier alpha value is -3.04. The number of benzene rings is 3. The molecule has 0 radical (unpaired) electrons. The number of halogens is 1. The number of aromatic hydroxyl groups is 1. The molecule has 3 aromatic carbocycles. The normalized spacial score (nSPS) is 13.4. The van der Waals surface area contributed by atoms with Crippen molar-refractivity contribution >= 4 is 28.7 Å². The summed E-state index contributed by atoms with van der Waals surface area (Å²) in [6, 6.07) is 18.4. The largest absolute Gasteiger partial charge is 0.508 e. The zero-order valence-corrected chi connectivity index (χ0v) is 16.1. The number of allylic oxidation sites excluding steroid dienone is 1. The molecule has 0 amide bonds. The summed E-state index contributed by atoms with van der Waals surface area (Å²) in [5.41, 5.74) is 7.87. The third-order valence-corrected chi connectivity index (χ3v) is 5.47. The smallest absolute Gasteiger partial charge is 0.335 e. The van der Waals surface area contributed by atoms with E-state index >= 15 is 0 Å². The molecule has 2 N–H and O–H groups in total. The number of carboxylic acid groups (broad SMARTS) is 1. The Kier molecular flexibility index (Phi) is 4.70. The summed E-state index contributed by atoms with van der Waals surface area (Å²) in [7, 11) is 0. The van der Waals surface area contributed by atoms with Gasteiger partial charge in [-0.3, -0.25) is 0 Å². The van der Waals surface area contributed by atoms with Gasteiger partial charge in [0.1, 0.15) is 5.75 Å². The Bertz CT molecular complexity index is 1110. The zero-order chi connectivity index (χ0) is 19.8. The minimum atomic E-state index is -0.919. The van der Waals surface area contributed by atoms with E-state index in [1.54, 1.807) is 24.3 Å². The molecule has 0 atom stereocenters. The van der Waals surface area contributed by atoms with Crippen LogP contribution in [-0.2, 0) is 6.42 Å². The highest BCUT2D eigenvalue weighted by Crippen LogP contribution is 2.42. The number of hydrogen-bond donors (Lipinski definition) is 2. The van der Waals surface area contributed by atoms with Crippen LogP contribution in [0.5, 0.6) is 5.75 Å². The second-order valence-electron chi connectivity index (χ2n) is 7.04. The highest BCUT2D eigenvalue weighted by Gasteiger charge is 2.23. The molecule has 0 saturated heterocycles. The molecule has 1 aliphatic rings. The molecule has 0 spiro atoms. The average molecular weight is 391 g/mol. The summed E-state index contributed by atoms with van der Waals surface area (Å²) >= 11 is 6.16. The monoisotopic (exact) mass is 390 g/mol. The minimum absolute atomic E-state index is 0.214. The fourth-order valence-electron chi connectivity index (χ4n) is 3.92. The van der Waals surface area contributed by atoms with Crippen molar-refractivity contribution in [2.45, 2.75) is 19.8 Å². The lowest BCUT2D eigenvalue weighted by Gasteiger charge is -2.26. The van der Waals surface area contributed by atoms with Crippen molar-refractivity contribution in [1.29, 1.82) is 0 Å². The fourth-order valence-corrected chi connectivity index (χ4v) is 4.14. The summed E-state index contributed by atoms with van der Waals surface area (Å²) in [6.07, 6.45) is 1.57. The Morgan fingerprint density at radius 3 is 2.32 bits per heavy atom. The number of carboxylic acids is 1. The molecule has 0 fully saturated rings. The third kappa shape index (κ3) is 3.30. The van der Waals surface area contributed by atoms with E-state index in [-0.39, 0.29) is 5.75 Å². The van der Waals surface area contributed by atoms with E-state index in [2.05, 4.69) is 0 Å². The maximum Gasteiger partial charge on any atom is 0.335 e. The fraction of sp³-hybridized carbons (Fsp3) is 0.125. The van der Waals surface area contributed by atoms with Crippen molar-refractivity contribution in [3.63, 3.8) is 0 Å². The van der Waals surface area contributed by atoms with E-state index in [0.717, 1.165) is 46.2 Å². The molecule has 0 heterocycles. The Morgan fingerprint density at radius 2 is 1.64 bits per heavy atom. The van der Waals surface area contributed by atoms with Crippen LogP contribution in [0, 0.1) is 6.92 Å². The van der Waals surface area contributed by atoms with E-state index in [1.165, 1.54) is 5.57 Å². The van der Waals surface area contributed by atoms with Crippen LogP contribution in [0.2, 0.25) is 5.02 Å². The predicted molar refractivity (Wildman–Crippen MR) is 112 cm³/mol. The van der Waals surface area contributed by atoms with Crippen molar-refractivity contribution < 1.29 is 15.0 Å². The summed E-state index contributed by atoms with van der Waals surface area (Å²) in [5, 5.41) is 19.8. The zero-order valence-electron chi connectivity index (χ0n) is 15.4. The number of rotatable bonds is 3. The van der Waals surface area contributed by atoms with Crippen LogP contribution in [0.3, 0.4) is 0 Å². The average Bonchev–Trinajstić information content (AvgIpc) is 2.67. The van der Waals surface area contributed by atoms with Crippen LogP contribution in [-0.4, -0.2) is 16.2 Å². The van der Waals surface area contributed by atoms with E-state index in [4.69, 9.17) is 11.6 Å². The van der Waals surface area contributed by atoms with Gasteiger partial charge in [0, 0.05) is 5.02 Å². The molecule has 4 heteroatoms. The van der Waals surface area contributed by atoms with Gasteiger partial charge in [-0.05, 0) is 95.1 Å². The Labute approximate surface area is 168 Å². The van der Waals surface area contributed by atoms with Crippen LogP contribution in [0.1, 0.15) is 44.6 Å². The third-order valence-electron chi connectivity index (χ3n) is 5.24. The predicted octanol–water partition coefficient (Wildman–Crippen LogP) is 5.96. The number of carbonyl (C=O) groups is 1. The Morgan fingerprint density at radius 1 is 0.929 bits per heavy atom. The van der Waals surface area contributed by atoms with E-state index in [1.807, 2.05) is 43.3 Å². The van der Waals surface area contributed by atoms with E-state index < -0.39 is 5.97 Å². The van der Waals surface area contributed by atoms with Crippen molar-refractivity contribution in [3.05, 3.63) is 99.1 Å². The highest BCUT2D eigenvalue weighted by atomic mass is 35.5. The molecule has 0 saturated carbocycles. The number of hydrogen-bond acceptors (Lipinski definition) is 2. The van der Waals surface area contributed by atoms with Crippen LogP contribution < -0.4 is 0 Å². The molecule has 3 aromatic rings. The second-order valence-corrected chi connectivity index (χ2v) is 7.47. The molecular formula is C24H19ClO3. The van der Waals surface area contributed by atoms with Gasteiger partial charge in [-0.1, -0.05) is 35.9 Å². The quantitative estimate of drug-likeness (QED) is 0.580. The van der Waals surface area contributed by atoms with Crippen LogP contribution in [0.25, 0.3) is 11.1 Å². The van der Waals surface area contributed by atoms with Gasteiger partial charge in [-0.15, -0.1) is 0 Å². The van der Waals surface area contributed by atoms with Crippen molar-refractivity contribution in [1.82, 2.24) is 0 Å². The molecule has 0 bridgehead atoms. The minimum Gasteiger partial charge on any atom is -0.508 e. The van der Waals surface area contributed by atoms with Crippen LogP contribution in [0.4, 0.5) is 0 Å².